The molecule has 62 valence electrons. The van der Waals surface area contributed by atoms with Crippen LogP contribution in [0.5, 0.6) is 0 Å². The minimum Gasteiger partial charge on any atom is -0.300 e. The first-order valence-corrected chi connectivity index (χ1v) is 4.86. The number of fused-ring (bicyclic) bond motifs is 1. The van der Waals surface area contributed by atoms with Crippen molar-refractivity contribution < 1.29 is 0 Å². The van der Waals surface area contributed by atoms with Gasteiger partial charge in [-0.2, -0.15) is 0 Å². The summed E-state index contributed by atoms with van der Waals surface area (Å²) in [4.78, 5) is 2.63. The smallest absolute Gasteiger partial charge is 0.0108 e. The summed E-state index contributed by atoms with van der Waals surface area (Å²) in [6, 6.07) is 0.954. The van der Waals surface area contributed by atoms with Gasteiger partial charge in [0.05, 0.1) is 0 Å². The molecule has 2 heterocycles. The van der Waals surface area contributed by atoms with Gasteiger partial charge in [0, 0.05) is 12.6 Å². The Morgan fingerprint density at radius 2 is 1.91 bits per heavy atom. The molecule has 0 amide bonds. The Labute approximate surface area is 69.1 Å². The second-order valence-electron chi connectivity index (χ2n) is 3.67. The molecule has 11 heavy (non-hydrogen) atoms. The van der Waals surface area contributed by atoms with Crippen LogP contribution < -0.4 is 0 Å². The molecular formula is C10H17N. The standard InChI is InChI=1S/C10H17N/c1-2-4-6-10-7-9-11(10)8-5-3-1/h1,3,10H,2,4-9H2. The molecule has 0 aromatic heterocycles. The summed E-state index contributed by atoms with van der Waals surface area (Å²) in [5.74, 6) is 0. The molecule has 0 spiro atoms. The third-order valence-electron chi connectivity index (χ3n) is 2.92. The van der Waals surface area contributed by atoms with Gasteiger partial charge in [-0.05, 0) is 38.6 Å². The van der Waals surface area contributed by atoms with E-state index in [1.807, 2.05) is 0 Å². The van der Waals surface area contributed by atoms with Crippen molar-refractivity contribution in [2.75, 3.05) is 13.1 Å². The molecule has 0 bridgehead atoms. The van der Waals surface area contributed by atoms with Crippen LogP contribution in [0.15, 0.2) is 12.2 Å². The first kappa shape index (κ1) is 7.35. The molecule has 1 fully saturated rings. The molecule has 0 aromatic carbocycles. The van der Waals surface area contributed by atoms with Crippen LogP contribution in [-0.4, -0.2) is 24.0 Å². The van der Waals surface area contributed by atoms with E-state index < -0.39 is 0 Å². The zero-order valence-electron chi connectivity index (χ0n) is 7.13. The maximum Gasteiger partial charge on any atom is 0.0108 e. The van der Waals surface area contributed by atoms with Crippen molar-refractivity contribution in [3.05, 3.63) is 12.2 Å². The molecule has 1 unspecified atom stereocenters. The van der Waals surface area contributed by atoms with E-state index in [1.54, 1.807) is 0 Å². The number of hydrogen-bond acceptors (Lipinski definition) is 1. The van der Waals surface area contributed by atoms with Crippen molar-refractivity contribution in [2.24, 2.45) is 0 Å². The van der Waals surface area contributed by atoms with E-state index in [9.17, 15) is 0 Å². The van der Waals surface area contributed by atoms with E-state index >= 15 is 0 Å². The Morgan fingerprint density at radius 3 is 2.73 bits per heavy atom. The van der Waals surface area contributed by atoms with Crippen LogP contribution in [0, 0.1) is 0 Å². The second kappa shape index (κ2) is 3.40. The van der Waals surface area contributed by atoms with Crippen molar-refractivity contribution in [2.45, 2.75) is 38.1 Å². The zero-order chi connectivity index (χ0) is 7.52. The van der Waals surface area contributed by atoms with Crippen molar-refractivity contribution in [3.63, 3.8) is 0 Å². The van der Waals surface area contributed by atoms with Gasteiger partial charge in [0.2, 0.25) is 0 Å². The highest BCUT2D eigenvalue weighted by atomic mass is 15.2. The lowest BCUT2D eigenvalue weighted by Gasteiger charge is -2.40. The third kappa shape index (κ3) is 1.64. The Kier molecular flexibility index (Phi) is 2.27. The van der Waals surface area contributed by atoms with E-state index in [1.165, 1.54) is 45.2 Å². The first-order chi connectivity index (χ1) is 5.47. The highest BCUT2D eigenvalue weighted by Gasteiger charge is 2.26. The zero-order valence-corrected chi connectivity index (χ0v) is 7.13. The molecule has 1 atom stereocenters. The molecule has 0 saturated carbocycles. The molecule has 2 aliphatic rings. The predicted octanol–water partition coefficient (Wildman–Crippen LogP) is 2.19. The molecular weight excluding hydrogens is 134 g/mol. The quantitative estimate of drug-likeness (QED) is 0.480. The monoisotopic (exact) mass is 151 g/mol. The maximum absolute atomic E-state index is 2.63. The maximum atomic E-state index is 2.63. The topological polar surface area (TPSA) is 3.24 Å². The predicted molar refractivity (Wildman–Crippen MR) is 47.6 cm³/mol. The van der Waals surface area contributed by atoms with Crippen LogP contribution in [0.2, 0.25) is 0 Å². The minimum atomic E-state index is 0.954. The van der Waals surface area contributed by atoms with Gasteiger partial charge in [-0.3, -0.25) is 4.90 Å². The van der Waals surface area contributed by atoms with Gasteiger partial charge < -0.3 is 0 Å². The molecule has 1 nitrogen and oxygen atoms in total. The van der Waals surface area contributed by atoms with Crippen LogP contribution in [-0.2, 0) is 0 Å². The largest absolute Gasteiger partial charge is 0.300 e. The van der Waals surface area contributed by atoms with Crippen molar-refractivity contribution in [3.8, 4) is 0 Å². The normalized spacial score (nSPS) is 32.9. The average Bonchev–Trinajstić information content (AvgIpc) is 2.04. The number of nitrogens with zero attached hydrogens (tertiary/aromatic N) is 1. The van der Waals surface area contributed by atoms with E-state index in [4.69, 9.17) is 0 Å². The van der Waals surface area contributed by atoms with Crippen molar-refractivity contribution in [1.82, 2.24) is 4.90 Å². The lowest BCUT2D eigenvalue weighted by atomic mass is 9.97. The number of hydrogen-bond donors (Lipinski definition) is 0. The number of allylic oxidation sites excluding steroid dienone is 1. The van der Waals surface area contributed by atoms with Crippen LogP contribution >= 0.6 is 0 Å². The second-order valence-corrected chi connectivity index (χ2v) is 3.67. The van der Waals surface area contributed by atoms with Gasteiger partial charge in [-0.15, -0.1) is 0 Å². The molecule has 1 heteroatoms. The highest BCUT2D eigenvalue weighted by Crippen LogP contribution is 2.23. The van der Waals surface area contributed by atoms with Gasteiger partial charge in [0.1, 0.15) is 0 Å². The van der Waals surface area contributed by atoms with E-state index in [0.717, 1.165) is 6.04 Å². The summed E-state index contributed by atoms with van der Waals surface area (Å²) >= 11 is 0. The molecule has 0 aliphatic carbocycles. The fourth-order valence-corrected chi connectivity index (χ4v) is 2.06. The first-order valence-electron chi connectivity index (χ1n) is 4.86. The fraction of sp³-hybridized carbons (Fsp3) is 0.800. The molecule has 2 aliphatic heterocycles. The van der Waals surface area contributed by atoms with E-state index in [-0.39, 0.29) is 0 Å². The molecule has 2 rings (SSSR count). The van der Waals surface area contributed by atoms with Crippen molar-refractivity contribution in [1.29, 1.82) is 0 Å². The van der Waals surface area contributed by atoms with Crippen LogP contribution in [0.3, 0.4) is 0 Å². The summed E-state index contributed by atoms with van der Waals surface area (Å²) in [6.45, 7) is 2.67. The van der Waals surface area contributed by atoms with E-state index in [2.05, 4.69) is 17.1 Å². The van der Waals surface area contributed by atoms with Crippen LogP contribution in [0.4, 0.5) is 0 Å². The van der Waals surface area contributed by atoms with Crippen molar-refractivity contribution >= 4 is 0 Å². The van der Waals surface area contributed by atoms with E-state index in [0.29, 0.717) is 0 Å². The molecule has 0 aromatic rings. The average molecular weight is 151 g/mol. The fourth-order valence-electron chi connectivity index (χ4n) is 2.06. The molecule has 0 N–H and O–H groups in total. The number of rotatable bonds is 0. The van der Waals surface area contributed by atoms with Gasteiger partial charge >= 0.3 is 0 Å². The van der Waals surface area contributed by atoms with Gasteiger partial charge in [0.25, 0.3) is 0 Å². The van der Waals surface area contributed by atoms with Gasteiger partial charge in [-0.1, -0.05) is 12.2 Å². The molecule has 1 saturated heterocycles. The third-order valence-corrected chi connectivity index (χ3v) is 2.92. The minimum absolute atomic E-state index is 0.954. The lowest BCUT2D eigenvalue weighted by molar-refractivity contribution is 0.0858. The van der Waals surface area contributed by atoms with Crippen LogP contribution in [0.1, 0.15) is 32.1 Å². The Hall–Kier alpha value is -0.300. The Balaban J connectivity index is 1.87. The Morgan fingerprint density at radius 1 is 1.00 bits per heavy atom. The highest BCUT2D eigenvalue weighted by molar-refractivity contribution is 4.90. The van der Waals surface area contributed by atoms with Gasteiger partial charge in [0.15, 0.2) is 0 Å². The summed E-state index contributed by atoms with van der Waals surface area (Å²) in [5, 5.41) is 0. The molecule has 0 radical (unpaired) electrons. The summed E-state index contributed by atoms with van der Waals surface area (Å²) < 4.78 is 0. The van der Waals surface area contributed by atoms with Crippen LogP contribution in [0.25, 0.3) is 0 Å². The SMILES string of the molecule is C1=CCCN2CCC2CCC1. The van der Waals surface area contributed by atoms with Gasteiger partial charge in [-0.25, -0.2) is 0 Å². The lowest BCUT2D eigenvalue weighted by Crippen LogP contribution is -2.47. The Bertz CT molecular complexity index is 151. The summed E-state index contributed by atoms with van der Waals surface area (Å²) in [6.07, 6.45) is 11.6. The summed E-state index contributed by atoms with van der Waals surface area (Å²) in [5.41, 5.74) is 0. The summed E-state index contributed by atoms with van der Waals surface area (Å²) in [7, 11) is 0.